The van der Waals surface area contributed by atoms with Crippen LogP contribution < -0.4 is 4.72 Å². The Labute approximate surface area is 244 Å². The molecule has 0 fully saturated rings. The lowest BCUT2D eigenvalue weighted by Gasteiger charge is -2.42. The van der Waals surface area contributed by atoms with E-state index in [1.165, 1.54) is 21.3 Å². The van der Waals surface area contributed by atoms with E-state index < -0.39 is 70.0 Å². The summed E-state index contributed by atoms with van der Waals surface area (Å²) in [5.41, 5.74) is 0. The van der Waals surface area contributed by atoms with Crippen molar-refractivity contribution in [1.29, 1.82) is 0 Å². The highest BCUT2D eigenvalue weighted by molar-refractivity contribution is 7.90. The molecular formula is C20H28F17N2O5S+. The number of halogens is 17. The molecule has 0 rings (SSSR count). The van der Waals surface area contributed by atoms with Crippen LogP contribution in [0.25, 0.3) is 0 Å². The number of ether oxygens (including phenoxy) is 3. The lowest BCUT2D eigenvalue weighted by Crippen LogP contribution is -2.75. The number of hydrogen-bond donors (Lipinski definition) is 1. The van der Waals surface area contributed by atoms with Gasteiger partial charge in [-0.3, -0.25) is 0 Å². The maximum Gasteiger partial charge on any atom is 0.460 e. The molecule has 0 amide bonds. The molecule has 0 heterocycles. The van der Waals surface area contributed by atoms with Crippen LogP contribution in [-0.2, 0) is 24.2 Å². The van der Waals surface area contributed by atoms with Crippen LogP contribution in [-0.4, -0.2) is 134 Å². The fourth-order valence-corrected chi connectivity index (χ4v) is 4.62. The van der Waals surface area contributed by atoms with E-state index in [2.05, 4.69) is 0 Å². The van der Waals surface area contributed by atoms with Crippen molar-refractivity contribution in [3.63, 3.8) is 0 Å². The van der Waals surface area contributed by atoms with E-state index in [4.69, 9.17) is 14.2 Å². The molecule has 0 aromatic heterocycles. The van der Waals surface area contributed by atoms with Crippen LogP contribution >= 0.6 is 0 Å². The van der Waals surface area contributed by atoms with E-state index in [0.29, 0.717) is 4.72 Å². The molecule has 1 N–H and O–H groups in total. The van der Waals surface area contributed by atoms with Crippen molar-refractivity contribution in [3.8, 4) is 0 Å². The lowest BCUT2D eigenvalue weighted by molar-refractivity contribution is -0.929. The molecule has 0 saturated heterocycles. The number of quaternary nitrogens is 1. The first-order valence-corrected chi connectivity index (χ1v) is 13.4. The van der Waals surface area contributed by atoms with Gasteiger partial charge in [-0.05, 0) is 0 Å². The molecular weight excluding hydrogens is 703 g/mol. The number of alkyl halides is 17. The average Bonchev–Trinajstić information content (AvgIpc) is 2.90. The fraction of sp³-hybridized carbons (Fsp3) is 1.00. The van der Waals surface area contributed by atoms with Gasteiger partial charge in [-0.2, -0.15) is 74.6 Å². The van der Waals surface area contributed by atoms with Gasteiger partial charge in [-0.25, -0.2) is 13.1 Å². The molecule has 0 saturated carbocycles. The fourth-order valence-electron chi connectivity index (χ4n) is 3.56. The van der Waals surface area contributed by atoms with Crippen LogP contribution in [0, 0.1) is 0 Å². The zero-order chi connectivity index (χ0) is 36.2. The predicted molar refractivity (Wildman–Crippen MR) is 118 cm³/mol. The van der Waals surface area contributed by atoms with Crippen LogP contribution in [0.5, 0.6) is 0 Å². The molecule has 0 spiro atoms. The quantitative estimate of drug-likeness (QED) is 0.102. The van der Waals surface area contributed by atoms with Crippen molar-refractivity contribution in [1.82, 2.24) is 4.72 Å². The summed E-state index contributed by atoms with van der Waals surface area (Å²) < 4.78 is 267. The zero-order valence-corrected chi connectivity index (χ0v) is 24.0. The highest BCUT2D eigenvalue weighted by Crippen LogP contribution is 2.64. The van der Waals surface area contributed by atoms with Crippen LogP contribution in [0.1, 0.15) is 6.42 Å². The van der Waals surface area contributed by atoms with Gasteiger partial charge in [-0.1, -0.05) is 0 Å². The number of sulfonamides is 1. The molecule has 25 heteroatoms. The van der Waals surface area contributed by atoms with E-state index >= 15 is 0 Å². The second-order valence-electron chi connectivity index (χ2n) is 9.43. The zero-order valence-electron chi connectivity index (χ0n) is 23.2. The third-order valence-corrected chi connectivity index (χ3v) is 7.96. The monoisotopic (exact) mass is 731 g/mol. The summed E-state index contributed by atoms with van der Waals surface area (Å²) in [4.78, 5) is 0. The first kappa shape index (κ1) is 43.6. The van der Waals surface area contributed by atoms with Crippen LogP contribution in [0.2, 0.25) is 0 Å². The Morgan fingerprint density at radius 2 is 0.822 bits per heavy atom. The normalized spacial score (nSPS) is 15.6. The highest BCUT2D eigenvalue weighted by Gasteiger charge is 2.96. The molecule has 45 heavy (non-hydrogen) atoms. The molecule has 0 aromatic carbocycles. The van der Waals surface area contributed by atoms with Crippen molar-refractivity contribution in [3.05, 3.63) is 0 Å². The van der Waals surface area contributed by atoms with Crippen molar-refractivity contribution in [2.45, 2.75) is 53.4 Å². The van der Waals surface area contributed by atoms with Gasteiger partial charge >= 0.3 is 47.0 Å². The second-order valence-corrected chi connectivity index (χ2v) is 11.2. The number of nitrogens with zero attached hydrogens (tertiary/aromatic N) is 1. The second kappa shape index (κ2) is 14.4. The third kappa shape index (κ3) is 7.83. The van der Waals surface area contributed by atoms with Gasteiger partial charge in [0, 0.05) is 34.3 Å². The van der Waals surface area contributed by atoms with Crippen molar-refractivity contribution in [2.75, 3.05) is 73.9 Å². The lowest BCUT2D eigenvalue weighted by atomic mass is 9.91. The van der Waals surface area contributed by atoms with Gasteiger partial charge in [-0.15, -0.1) is 0 Å². The van der Waals surface area contributed by atoms with E-state index in [1.54, 1.807) is 0 Å². The van der Waals surface area contributed by atoms with Gasteiger partial charge in [0.15, 0.2) is 0 Å². The molecule has 7 nitrogen and oxygen atoms in total. The Morgan fingerprint density at radius 3 is 1.13 bits per heavy atom. The Hall–Kier alpha value is -1.44. The summed E-state index contributed by atoms with van der Waals surface area (Å²) in [6, 6.07) is 0. The van der Waals surface area contributed by atoms with Gasteiger partial charge in [0.25, 0.3) is 10.0 Å². The Morgan fingerprint density at radius 1 is 0.511 bits per heavy atom. The van der Waals surface area contributed by atoms with Crippen molar-refractivity contribution in [2.24, 2.45) is 0 Å². The maximum atomic E-state index is 14.2. The van der Waals surface area contributed by atoms with Gasteiger partial charge in [0.1, 0.15) is 19.6 Å². The summed E-state index contributed by atoms with van der Waals surface area (Å²) in [6.45, 7) is -1.12. The maximum absolute atomic E-state index is 14.2. The molecule has 0 radical (unpaired) electrons. The Bertz CT molecular complexity index is 1030. The smallest absolute Gasteiger partial charge is 0.379 e. The average molecular weight is 731 g/mol. The molecule has 0 aliphatic carbocycles. The van der Waals surface area contributed by atoms with Crippen LogP contribution in [0.4, 0.5) is 74.6 Å². The van der Waals surface area contributed by atoms with Gasteiger partial charge in [0.2, 0.25) is 0 Å². The number of nitrogens with one attached hydrogen (secondary N) is 1. The predicted octanol–water partition coefficient (Wildman–Crippen LogP) is 5.02. The Balaban J connectivity index is 6.36. The van der Waals surface area contributed by atoms with Crippen molar-refractivity contribution < 1.29 is 102 Å². The molecule has 0 aromatic rings. The minimum Gasteiger partial charge on any atom is -0.379 e. The first-order valence-electron chi connectivity index (χ1n) is 11.9. The third-order valence-electron chi connectivity index (χ3n) is 6.44. The first-order chi connectivity index (χ1) is 19.9. The van der Waals surface area contributed by atoms with E-state index in [-0.39, 0.29) is 50.5 Å². The molecule has 0 atom stereocenters. The Kier molecular flexibility index (Phi) is 13.9. The number of methoxy groups -OCH3 is 3. The minimum atomic E-state index is -8.87. The molecule has 272 valence electrons. The summed E-state index contributed by atoms with van der Waals surface area (Å²) in [7, 11) is -3.53. The van der Waals surface area contributed by atoms with E-state index in [0.717, 1.165) is 0 Å². The van der Waals surface area contributed by atoms with Gasteiger partial charge in [0.05, 0.1) is 26.4 Å². The van der Waals surface area contributed by atoms with Crippen LogP contribution in [0.3, 0.4) is 0 Å². The highest BCUT2D eigenvalue weighted by atomic mass is 32.2. The van der Waals surface area contributed by atoms with Gasteiger partial charge < -0.3 is 18.7 Å². The van der Waals surface area contributed by atoms with E-state index in [1.807, 2.05) is 0 Å². The topological polar surface area (TPSA) is 73.9 Å². The van der Waals surface area contributed by atoms with E-state index in [9.17, 15) is 83.1 Å². The molecule has 0 unspecified atom stereocenters. The number of rotatable bonds is 21. The SMILES string of the molecule is COCC[N+](CCCNS(=O)(=O)C(F)(F)C(F)(F)C(F)(F)C(F)(F)C(F)(F)C(F)(F)C(F)(F)C(F)(F)F)(CCOC)CCOC. The minimum absolute atomic E-state index is 0.0331. The summed E-state index contributed by atoms with van der Waals surface area (Å²) in [5.74, 6) is -51.8. The van der Waals surface area contributed by atoms with Crippen molar-refractivity contribution >= 4 is 10.0 Å². The summed E-state index contributed by atoms with van der Waals surface area (Å²) in [5, 5.41) is -7.60. The molecule has 0 bridgehead atoms. The standard InChI is InChI=1S/C20H28F17N2O5S/c1-42-10-7-39(8-11-43-2,9-12-44-3)6-4-5-38-45(40,41)20(36,37)18(31,32)16(27,28)14(23,24)13(21,22)15(25,26)17(29,30)19(33,34)35/h38H,4-12H2,1-3H3/q+1. The molecule has 0 aliphatic heterocycles. The number of hydrogen-bond acceptors (Lipinski definition) is 5. The summed E-state index contributed by atoms with van der Waals surface area (Å²) >= 11 is 0. The largest absolute Gasteiger partial charge is 0.460 e. The van der Waals surface area contributed by atoms with Crippen LogP contribution in [0.15, 0.2) is 0 Å². The summed E-state index contributed by atoms with van der Waals surface area (Å²) in [6.07, 6.45) is -8.50. The molecule has 0 aliphatic rings.